The fourth-order valence-electron chi connectivity index (χ4n) is 1.13. The minimum atomic E-state index is -4.98. The molecule has 9 heteroatoms. The van der Waals surface area contributed by atoms with E-state index < -0.39 is 16.0 Å². The van der Waals surface area contributed by atoms with Crippen LogP contribution in [-0.2, 0) is 13.4 Å². The maximum atomic E-state index is 10.4. The second kappa shape index (κ2) is 8.25. The first-order chi connectivity index (χ1) is 8.52. The topological polar surface area (TPSA) is 116 Å². The van der Waals surface area contributed by atoms with E-state index in [2.05, 4.69) is 14.9 Å². The number of hydrogen-bond acceptors (Lipinski definition) is 5. The summed E-state index contributed by atoms with van der Waals surface area (Å²) in [6, 6.07) is 0. The van der Waals surface area contributed by atoms with Gasteiger partial charge in [-0.15, -0.1) is 4.52 Å². The lowest BCUT2D eigenvalue weighted by Gasteiger charge is -2.08. The highest BCUT2D eigenvalue weighted by atomic mass is 31.3. The lowest BCUT2D eigenvalue weighted by molar-refractivity contribution is 0.159. The zero-order valence-electron chi connectivity index (χ0n) is 11.2. The Bertz CT molecular complexity index is 379. The SMILES string of the molecule is CC(C)=CCC/C(C)=C/CO[P+](O)(O)OP(=O)(O)O. The van der Waals surface area contributed by atoms with Gasteiger partial charge in [0.25, 0.3) is 0 Å². The van der Waals surface area contributed by atoms with Crippen molar-refractivity contribution in [3.8, 4) is 0 Å². The molecule has 0 amide bonds. The van der Waals surface area contributed by atoms with Gasteiger partial charge in [0, 0.05) is 0 Å². The van der Waals surface area contributed by atoms with Crippen LogP contribution in [0, 0.1) is 0 Å². The highest BCUT2D eigenvalue weighted by Gasteiger charge is 2.47. The van der Waals surface area contributed by atoms with Gasteiger partial charge in [0.1, 0.15) is 6.61 Å². The Hall–Kier alpha value is -0.100. The standard InChI is InChI=1S/C10H20O7P2/c1-9(2)5-4-6-10(3)7-8-16-19(14,15)17-18(11,12)13/h5,7,14-15H,4,6,8H2,1-3H3,(H-,11,12,13)/p+1/b10-7+. The van der Waals surface area contributed by atoms with Gasteiger partial charge in [-0.05, 0) is 37.9 Å². The summed E-state index contributed by atoms with van der Waals surface area (Å²) >= 11 is 0. The van der Waals surface area contributed by atoms with Crippen LogP contribution in [0.4, 0.5) is 0 Å². The van der Waals surface area contributed by atoms with Gasteiger partial charge in [-0.1, -0.05) is 23.3 Å². The Morgan fingerprint density at radius 2 is 1.79 bits per heavy atom. The van der Waals surface area contributed by atoms with Crippen molar-refractivity contribution in [1.82, 2.24) is 0 Å². The summed E-state index contributed by atoms with van der Waals surface area (Å²) in [5, 5.41) is 0. The van der Waals surface area contributed by atoms with E-state index in [0.717, 1.165) is 18.4 Å². The van der Waals surface area contributed by atoms with Gasteiger partial charge in [0.05, 0.1) is 0 Å². The van der Waals surface area contributed by atoms with Crippen molar-refractivity contribution in [1.29, 1.82) is 0 Å². The van der Waals surface area contributed by atoms with Gasteiger partial charge >= 0.3 is 16.0 Å². The minimum Gasteiger partial charge on any atom is -0.300 e. The van der Waals surface area contributed by atoms with E-state index in [9.17, 15) is 4.57 Å². The third-order valence-electron chi connectivity index (χ3n) is 1.98. The van der Waals surface area contributed by atoms with E-state index in [0.29, 0.717) is 0 Å². The Kier molecular flexibility index (Phi) is 8.20. The normalized spacial score (nSPS) is 13.5. The summed E-state index contributed by atoms with van der Waals surface area (Å²) in [6.45, 7) is 5.65. The van der Waals surface area contributed by atoms with Crippen molar-refractivity contribution in [2.24, 2.45) is 0 Å². The summed E-state index contributed by atoms with van der Waals surface area (Å²) in [4.78, 5) is 35.1. The number of hydrogen-bond donors (Lipinski definition) is 4. The molecular formula is C10H21O7P2+. The Balaban J connectivity index is 4.12. The smallest absolute Gasteiger partial charge is 0.300 e. The van der Waals surface area contributed by atoms with Crippen LogP contribution in [0.1, 0.15) is 33.6 Å². The second-order valence-corrected chi connectivity index (χ2v) is 7.10. The molecule has 0 bridgehead atoms. The third-order valence-corrected chi connectivity index (χ3v) is 4.17. The molecule has 4 N–H and O–H groups in total. The van der Waals surface area contributed by atoms with Crippen LogP contribution in [0.15, 0.2) is 23.3 Å². The molecule has 0 aromatic carbocycles. The fraction of sp³-hybridized carbons (Fsp3) is 0.600. The van der Waals surface area contributed by atoms with Crippen molar-refractivity contribution >= 4 is 16.0 Å². The molecule has 0 heterocycles. The second-order valence-electron chi connectivity index (χ2n) is 4.23. The Morgan fingerprint density at radius 3 is 2.26 bits per heavy atom. The molecule has 0 atom stereocenters. The van der Waals surface area contributed by atoms with Crippen molar-refractivity contribution in [2.45, 2.75) is 33.6 Å². The van der Waals surface area contributed by atoms with E-state index in [4.69, 9.17) is 19.6 Å². The lowest BCUT2D eigenvalue weighted by atomic mass is 10.1. The van der Waals surface area contributed by atoms with E-state index in [1.165, 1.54) is 5.57 Å². The molecule has 0 fully saturated rings. The average Bonchev–Trinajstić information content (AvgIpc) is 2.12. The van der Waals surface area contributed by atoms with Crippen LogP contribution in [0.25, 0.3) is 0 Å². The van der Waals surface area contributed by atoms with E-state index >= 15 is 0 Å². The molecule has 112 valence electrons. The van der Waals surface area contributed by atoms with Crippen LogP contribution in [0.3, 0.4) is 0 Å². The Morgan fingerprint density at radius 1 is 1.21 bits per heavy atom. The molecular weight excluding hydrogens is 294 g/mol. The van der Waals surface area contributed by atoms with Gasteiger partial charge in [-0.25, -0.2) is 4.57 Å². The maximum absolute atomic E-state index is 10.4. The number of rotatable bonds is 8. The summed E-state index contributed by atoms with van der Waals surface area (Å²) < 4.78 is 18.7. The van der Waals surface area contributed by atoms with Gasteiger partial charge in [-0.2, -0.15) is 9.79 Å². The van der Waals surface area contributed by atoms with Crippen LogP contribution < -0.4 is 0 Å². The van der Waals surface area contributed by atoms with Crippen molar-refractivity contribution < 1.29 is 33.0 Å². The molecule has 0 saturated carbocycles. The van der Waals surface area contributed by atoms with Crippen LogP contribution in [0.5, 0.6) is 0 Å². The molecule has 0 aromatic heterocycles. The number of allylic oxidation sites excluding steroid dienone is 3. The predicted octanol–water partition coefficient (Wildman–Crippen LogP) is 2.47. The van der Waals surface area contributed by atoms with Crippen molar-refractivity contribution in [3.63, 3.8) is 0 Å². The molecule has 0 aromatic rings. The highest BCUT2D eigenvalue weighted by Crippen LogP contribution is 2.63. The van der Waals surface area contributed by atoms with Gasteiger partial charge in [0.15, 0.2) is 0 Å². The molecule has 0 rings (SSSR count). The molecule has 0 aliphatic carbocycles. The molecule has 0 aliphatic rings. The molecule has 0 aliphatic heterocycles. The zero-order valence-corrected chi connectivity index (χ0v) is 13.0. The van der Waals surface area contributed by atoms with Crippen molar-refractivity contribution in [2.75, 3.05) is 6.61 Å². The van der Waals surface area contributed by atoms with Crippen LogP contribution in [0.2, 0.25) is 0 Å². The van der Waals surface area contributed by atoms with Gasteiger partial charge in [-0.3, -0.25) is 0 Å². The summed E-state index contributed by atoms with van der Waals surface area (Å²) in [6.07, 6.45) is 5.33. The first kappa shape index (κ1) is 18.9. The third kappa shape index (κ3) is 12.7. The van der Waals surface area contributed by atoms with Gasteiger partial charge in [0.2, 0.25) is 0 Å². The molecule has 0 spiro atoms. The van der Waals surface area contributed by atoms with E-state index in [1.54, 1.807) is 6.08 Å². The summed E-state index contributed by atoms with van der Waals surface area (Å²) in [5.74, 6) is 0. The Labute approximate surface area is 113 Å². The molecule has 0 radical (unpaired) electrons. The summed E-state index contributed by atoms with van der Waals surface area (Å²) in [7, 11) is -9.47. The minimum absolute atomic E-state index is 0.193. The van der Waals surface area contributed by atoms with Crippen molar-refractivity contribution in [3.05, 3.63) is 23.3 Å². The van der Waals surface area contributed by atoms with E-state index in [1.807, 2.05) is 20.8 Å². The van der Waals surface area contributed by atoms with Crippen LogP contribution in [-0.4, -0.2) is 26.2 Å². The number of phosphoric acid groups is 1. The van der Waals surface area contributed by atoms with E-state index in [-0.39, 0.29) is 6.61 Å². The average molecular weight is 315 g/mol. The quantitative estimate of drug-likeness (QED) is 0.401. The lowest BCUT2D eigenvalue weighted by Crippen LogP contribution is -2.01. The first-order valence-corrected chi connectivity index (χ1v) is 8.63. The molecule has 19 heavy (non-hydrogen) atoms. The molecule has 7 nitrogen and oxygen atoms in total. The van der Waals surface area contributed by atoms with Gasteiger partial charge < -0.3 is 9.79 Å². The molecule has 0 saturated heterocycles. The van der Waals surface area contributed by atoms with Crippen LogP contribution >= 0.6 is 16.0 Å². The maximum Gasteiger partial charge on any atom is 0.580 e. The highest BCUT2D eigenvalue weighted by molar-refractivity contribution is 7.64. The monoisotopic (exact) mass is 315 g/mol. The zero-order chi connectivity index (χ0) is 15.1. The summed E-state index contributed by atoms with van der Waals surface area (Å²) in [5.41, 5.74) is 2.18. The molecule has 0 unspecified atom stereocenters. The first-order valence-electron chi connectivity index (χ1n) is 5.57. The fourth-order valence-corrected chi connectivity index (χ4v) is 2.70. The largest absolute Gasteiger partial charge is 0.580 e. The predicted molar refractivity (Wildman–Crippen MR) is 72.9 cm³/mol.